The van der Waals surface area contributed by atoms with Gasteiger partial charge in [-0.05, 0) is 24.1 Å². The van der Waals surface area contributed by atoms with Gasteiger partial charge in [0, 0.05) is 6.42 Å². The Morgan fingerprint density at radius 2 is 2.11 bits per heavy atom. The third kappa shape index (κ3) is 4.41. The highest BCUT2D eigenvalue weighted by Gasteiger charge is 2.17. The van der Waals surface area contributed by atoms with Crippen molar-refractivity contribution in [2.45, 2.75) is 32.3 Å². The van der Waals surface area contributed by atoms with Crippen LogP contribution in [0, 0.1) is 11.6 Å². The zero-order chi connectivity index (χ0) is 13.5. The van der Waals surface area contributed by atoms with E-state index in [4.69, 9.17) is 4.74 Å². The van der Waals surface area contributed by atoms with Crippen molar-refractivity contribution in [3.05, 3.63) is 35.4 Å². The third-order valence-electron chi connectivity index (χ3n) is 2.43. The maximum atomic E-state index is 12.9. The minimum Gasteiger partial charge on any atom is -0.464 e. The molecule has 18 heavy (non-hydrogen) atoms. The smallest absolute Gasteiger partial charge is 0.335 e. The summed E-state index contributed by atoms with van der Waals surface area (Å²) >= 11 is 0. The van der Waals surface area contributed by atoms with E-state index in [2.05, 4.69) is 0 Å². The van der Waals surface area contributed by atoms with E-state index in [-0.39, 0.29) is 13.0 Å². The predicted molar refractivity (Wildman–Crippen MR) is 61.9 cm³/mol. The first-order valence-corrected chi connectivity index (χ1v) is 5.83. The van der Waals surface area contributed by atoms with Gasteiger partial charge < -0.3 is 9.84 Å². The summed E-state index contributed by atoms with van der Waals surface area (Å²) in [6, 6.07) is 3.23. The fraction of sp³-hybridized carbons (Fsp3) is 0.462. The van der Waals surface area contributed by atoms with Crippen molar-refractivity contribution in [2.75, 3.05) is 6.61 Å². The van der Waals surface area contributed by atoms with Crippen molar-refractivity contribution in [1.82, 2.24) is 0 Å². The van der Waals surface area contributed by atoms with E-state index in [0.29, 0.717) is 5.56 Å². The van der Waals surface area contributed by atoms with Crippen LogP contribution in [0.5, 0.6) is 0 Å². The Morgan fingerprint density at radius 1 is 1.39 bits per heavy atom. The summed E-state index contributed by atoms with van der Waals surface area (Å²) in [5.41, 5.74) is 0.342. The van der Waals surface area contributed by atoms with Crippen LogP contribution < -0.4 is 0 Å². The van der Waals surface area contributed by atoms with Crippen LogP contribution in [0.25, 0.3) is 0 Å². The molecule has 100 valence electrons. The van der Waals surface area contributed by atoms with Gasteiger partial charge in [0.15, 0.2) is 17.7 Å². The van der Waals surface area contributed by atoms with Crippen molar-refractivity contribution in [3.8, 4) is 0 Å². The highest BCUT2D eigenvalue weighted by Crippen LogP contribution is 2.11. The van der Waals surface area contributed by atoms with Crippen LogP contribution in [0.4, 0.5) is 8.78 Å². The van der Waals surface area contributed by atoms with E-state index in [1.165, 1.54) is 6.07 Å². The number of rotatable bonds is 6. The lowest BCUT2D eigenvalue weighted by atomic mass is 10.1. The van der Waals surface area contributed by atoms with E-state index in [9.17, 15) is 18.7 Å². The van der Waals surface area contributed by atoms with Gasteiger partial charge in [-0.25, -0.2) is 13.6 Å². The number of hydrogen-bond acceptors (Lipinski definition) is 3. The first kappa shape index (κ1) is 14.6. The zero-order valence-corrected chi connectivity index (χ0v) is 10.2. The molecule has 0 aromatic heterocycles. The summed E-state index contributed by atoms with van der Waals surface area (Å²) < 4.78 is 30.4. The number of aliphatic hydroxyl groups excluding tert-OH is 1. The predicted octanol–water partition coefficient (Wildman–Crippen LogP) is 2.21. The molecular formula is C13H16F2O3. The second-order valence-corrected chi connectivity index (χ2v) is 3.99. The lowest BCUT2D eigenvalue weighted by molar-refractivity contribution is -0.153. The molecule has 1 aromatic carbocycles. The van der Waals surface area contributed by atoms with Crippen molar-refractivity contribution in [2.24, 2.45) is 0 Å². The first-order chi connectivity index (χ1) is 8.54. The zero-order valence-electron chi connectivity index (χ0n) is 10.2. The van der Waals surface area contributed by atoms with Gasteiger partial charge in [0.2, 0.25) is 0 Å². The Bertz CT molecular complexity index is 407. The molecule has 0 fully saturated rings. The molecule has 1 atom stereocenters. The molecule has 3 nitrogen and oxygen atoms in total. The molecule has 0 aliphatic carbocycles. The van der Waals surface area contributed by atoms with Gasteiger partial charge in [-0.2, -0.15) is 0 Å². The van der Waals surface area contributed by atoms with Crippen LogP contribution >= 0.6 is 0 Å². The summed E-state index contributed by atoms with van der Waals surface area (Å²) in [5.74, 6) is -2.70. The Labute approximate surface area is 104 Å². The van der Waals surface area contributed by atoms with E-state index in [0.717, 1.165) is 25.0 Å². The molecule has 0 unspecified atom stereocenters. The van der Waals surface area contributed by atoms with Crippen LogP contribution in [0.2, 0.25) is 0 Å². The minimum absolute atomic E-state index is 0.0951. The van der Waals surface area contributed by atoms with E-state index in [1.807, 2.05) is 6.92 Å². The Morgan fingerprint density at radius 3 is 2.72 bits per heavy atom. The second-order valence-electron chi connectivity index (χ2n) is 3.99. The van der Waals surface area contributed by atoms with Crippen molar-refractivity contribution >= 4 is 5.97 Å². The van der Waals surface area contributed by atoms with Crippen molar-refractivity contribution in [3.63, 3.8) is 0 Å². The number of unbranched alkanes of at least 4 members (excludes halogenated alkanes) is 1. The van der Waals surface area contributed by atoms with E-state index in [1.54, 1.807) is 0 Å². The quantitative estimate of drug-likeness (QED) is 0.628. The van der Waals surface area contributed by atoms with Crippen LogP contribution in [0.1, 0.15) is 25.3 Å². The maximum absolute atomic E-state index is 12.9. The number of halogens is 2. The van der Waals surface area contributed by atoms with Gasteiger partial charge in [0.1, 0.15) is 0 Å². The lowest BCUT2D eigenvalue weighted by Crippen LogP contribution is -2.25. The standard InChI is InChI=1S/C13H16F2O3/c1-2-3-6-18-13(17)12(16)8-9-4-5-10(14)11(15)7-9/h4-5,7,12,16H,2-3,6,8H2,1H3/t12-/m1/s1. The highest BCUT2D eigenvalue weighted by atomic mass is 19.2. The fourth-order valence-corrected chi connectivity index (χ4v) is 1.39. The van der Waals surface area contributed by atoms with Crippen LogP contribution in [-0.2, 0) is 16.0 Å². The number of esters is 1. The SMILES string of the molecule is CCCCOC(=O)[C@H](O)Cc1ccc(F)c(F)c1. The van der Waals surface area contributed by atoms with Crippen LogP contribution in [0.3, 0.4) is 0 Å². The average Bonchev–Trinajstić information content (AvgIpc) is 2.34. The molecule has 0 heterocycles. The third-order valence-corrected chi connectivity index (χ3v) is 2.43. The van der Waals surface area contributed by atoms with Gasteiger partial charge in [-0.3, -0.25) is 0 Å². The highest BCUT2D eigenvalue weighted by molar-refractivity contribution is 5.74. The number of hydrogen-bond donors (Lipinski definition) is 1. The van der Waals surface area contributed by atoms with E-state index < -0.39 is 23.7 Å². The van der Waals surface area contributed by atoms with Gasteiger partial charge >= 0.3 is 5.97 Å². The molecule has 1 aromatic rings. The van der Waals surface area contributed by atoms with Gasteiger partial charge in [-0.1, -0.05) is 19.4 Å². The minimum atomic E-state index is -1.35. The monoisotopic (exact) mass is 258 g/mol. The summed E-state index contributed by atoms with van der Waals surface area (Å²) in [7, 11) is 0. The molecule has 0 bridgehead atoms. The lowest BCUT2D eigenvalue weighted by Gasteiger charge is -2.10. The van der Waals surface area contributed by atoms with Gasteiger partial charge in [0.25, 0.3) is 0 Å². The topological polar surface area (TPSA) is 46.5 Å². The Kier molecular flexibility index (Phi) is 5.71. The first-order valence-electron chi connectivity index (χ1n) is 5.83. The normalized spacial score (nSPS) is 12.2. The number of benzene rings is 1. The maximum Gasteiger partial charge on any atom is 0.335 e. The Balaban J connectivity index is 2.50. The molecule has 1 N–H and O–H groups in total. The van der Waals surface area contributed by atoms with Crippen LogP contribution in [-0.4, -0.2) is 23.8 Å². The molecule has 0 spiro atoms. The molecule has 0 amide bonds. The summed E-state index contributed by atoms with van der Waals surface area (Å²) in [4.78, 5) is 11.3. The van der Waals surface area contributed by atoms with Crippen LogP contribution in [0.15, 0.2) is 18.2 Å². The summed E-state index contributed by atoms with van der Waals surface area (Å²) in [5, 5.41) is 9.54. The number of carbonyl (C=O) groups is 1. The molecule has 0 radical (unpaired) electrons. The number of aliphatic hydroxyl groups is 1. The average molecular weight is 258 g/mol. The summed E-state index contributed by atoms with van der Waals surface area (Å²) in [6.07, 6.45) is 0.157. The molecule has 1 rings (SSSR count). The molecule has 0 saturated carbocycles. The second kappa shape index (κ2) is 7.06. The molecule has 5 heteroatoms. The fourth-order valence-electron chi connectivity index (χ4n) is 1.39. The molecule has 0 aliphatic heterocycles. The molecule has 0 saturated heterocycles. The van der Waals surface area contributed by atoms with Crippen molar-refractivity contribution < 1.29 is 23.4 Å². The molecular weight excluding hydrogens is 242 g/mol. The number of ether oxygens (including phenoxy) is 1. The van der Waals surface area contributed by atoms with Gasteiger partial charge in [-0.15, -0.1) is 0 Å². The van der Waals surface area contributed by atoms with Gasteiger partial charge in [0.05, 0.1) is 6.61 Å². The van der Waals surface area contributed by atoms with E-state index >= 15 is 0 Å². The molecule has 0 aliphatic rings. The van der Waals surface area contributed by atoms with Crippen molar-refractivity contribution in [1.29, 1.82) is 0 Å². The number of carbonyl (C=O) groups excluding carboxylic acids is 1. The Hall–Kier alpha value is -1.49. The largest absolute Gasteiger partial charge is 0.464 e. The summed E-state index contributed by atoms with van der Waals surface area (Å²) in [6.45, 7) is 2.20.